The van der Waals surface area contributed by atoms with Crippen LogP contribution in [0.15, 0.2) is 47.4 Å². The first-order valence-corrected chi connectivity index (χ1v) is 9.75. The number of nitro benzene ring substituents is 1. The molecule has 11 heteroatoms. The van der Waals surface area contributed by atoms with E-state index in [0.717, 1.165) is 12.1 Å². The van der Waals surface area contributed by atoms with Crippen LogP contribution in [0.1, 0.15) is 6.92 Å². The third kappa shape index (κ3) is 4.68. The number of rotatable bonds is 7. The van der Waals surface area contributed by atoms with E-state index < -0.39 is 38.0 Å². The van der Waals surface area contributed by atoms with Gasteiger partial charge in [0.1, 0.15) is 6.54 Å². The molecule has 0 unspecified atom stereocenters. The van der Waals surface area contributed by atoms with Crippen LogP contribution in [0, 0.1) is 10.1 Å². The first-order chi connectivity index (χ1) is 12.7. The van der Waals surface area contributed by atoms with Crippen LogP contribution in [0.2, 0.25) is 10.0 Å². The van der Waals surface area contributed by atoms with E-state index >= 15 is 0 Å². The molecule has 27 heavy (non-hydrogen) atoms. The summed E-state index contributed by atoms with van der Waals surface area (Å²) in [5.74, 6) is -0.842. The molecular formula is C16H14Cl2N2O6S. The number of halogens is 2. The summed E-state index contributed by atoms with van der Waals surface area (Å²) < 4.78 is 31.8. The highest BCUT2D eigenvalue weighted by Gasteiger charge is 2.34. The summed E-state index contributed by atoms with van der Waals surface area (Å²) in [4.78, 5) is 21.8. The molecule has 0 saturated heterocycles. The third-order valence-electron chi connectivity index (χ3n) is 3.39. The van der Waals surface area contributed by atoms with Crippen LogP contribution >= 0.6 is 23.2 Å². The largest absolute Gasteiger partial charge is 0.465 e. The zero-order chi connectivity index (χ0) is 20.2. The number of ether oxygens (including phenoxy) is 1. The second-order valence-corrected chi connectivity index (χ2v) is 7.81. The van der Waals surface area contributed by atoms with Crippen LogP contribution in [0.25, 0.3) is 0 Å². The lowest BCUT2D eigenvalue weighted by Crippen LogP contribution is -2.37. The number of carbonyl (C=O) groups is 1. The van der Waals surface area contributed by atoms with Crippen molar-refractivity contribution < 1.29 is 22.9 Å². The van der Waals surface area contributed by atoms with Gasteiger partial charge in [-0.1, -0.05) is 35.3 Å². The lowest BCUT2D eigenvalue weighted by Gasteiger charge is -2.24. The average molecular weight is 433 g/mol. The zero-order valence-corrected chi connectivity index (χ0v) is 16.3. The van der Waals surface area contributed by atoms with Gasteiger partial charge in [-0.2, -0.15) is 0 Å². The summed E-state index contributed by atoms with van der Waals surface area (Å²) in [5.41, 5.74) is -0.691. The minimum absolute atomic E-state index is 0.0343. The van der Waals surface area contributed by atoms with Crippen LogP contribution < -0.4 is 4.31 Å². The minimum Gasteiger partial charge on any atom is -0.465 e. The fraction of sp³-hybridized carbons (Fsp3) is 0.188. The second-order valence-electron chi connectivity index (χ2n) is 5.14. The number of nitrogens with zero attached hydrogens (tertiary/aromatic N) is 2. The number of benzene rings is 2. The molecule has 0 aliphatic rings. The van der Waals surface area contributed by atoms with E-state index in [1.807, 2.05) is 0 Å². The first-order valence-electron chi connectivity index (χ1n) is 7.55. The molecule has 144 valence electrons. The van der Waals surface area contributed by atoms with Crippen molar-refractivity contribution in [1.82, 2.24) is 0 Å². The molecule has 0 aliphatic heterocycles. The van der Waals surface area contributed by atoms with Crippen molar-refractivity contribution in [1.29, 1.82) is 0 Å². The van der Waals surface area contributed by atoms with Crippen molar-refractivity contribution in [2.24, 2.45) is 0 Å². The fourth-order valence-electron chi connectivity index (χ4n) is 2.25. The van der Waals surface area contributed by atoms with Crippen LogP contribution in [-0.2, 0) is 19.6 Å². The van der Waals surface area contributed by atoms with E-state index in [4.69, 9.17) is 27.9 Å². The number of hydrogen-bond acceptors (Lipinski definition) is 6. The molecule has 2 aromatic rings. The van der Waals surface area contributed by atoms with E-state index in [1.165, 1.54) is 30.3 Å². The standard InChI is InChI=1S/C16H14Cl2N2O6S/c1-2-26-16(21)10-19(13-8-7-11(17)9-12(13)18)27(24,25)15-6-4-3-5-14(15)20(22)23/h3-9H,2,10H2,1H3. The number of hydrogen-bond donors (Lipinski definition) is 0. The van der Waals surface area contributed by atoms with Crippen molar-refractivity contribution in [2.75, 3.05) is 17.5 Å². The second kappa shape index (κ2) is 8.55. The number of esters is 1. The summed E-state index contributed by atoms with van der Waals surface area (Å²) in [6.45, 7) is 0.879. The highest BCUT2D eigenvalue weighted by molar-refractivity contribution is 7.93. The van der Waals surface area contributed by atoms with Crippen LogP contribution in [0.3, 0.4) is 0 Å². The van der Waals surface area contributed by atoms with Gasteiger partial charge in [0.15, 0.2) is 4.90 Å². The Morgan fingerprint density at radius 1 is 1.22 bits per heavy atom. The SMILES string of the molecule is CCOC(=O)CN(c1ccc(Cl)cc1Cl)S(=O)(=O)c1ccccc1[N+](=O)[O-]. The maximum atomic E-state index is 13.2. The van der Waals surface area contributed by atoms with E-state index in [0.29, 0.717) is 4.31 Å². The van der Waals surface area contributed by atoms with Gasteiger partial charge in [-0.05, 0) is 31.2 Å². The number of para-hydroxylation sites is 1. The third-order valence-corrected chi connectivity index (χ3v) is 5.73. The predicted octanol–water partition coefficient (Wildman–Crippen LogP) is 3.66. The minimum atomic E-state index is -4.52. The molecule has 0 bridgehead atoms. The molecule has 2 rings (SSSR count). The van der Waals surface area contributed by atoms with Crippen molar-refractivity contribution >= 4 is 50.6 Å². The van der Waals surface area contributed by atoms with Crippen molar-refractivity contribution in [2.45, 2.75) is 11.8 Å². The van der Waals surface area contributed by atoms with Crippen molar-refractivity contribution in [3.8, 4) is 0 Å². The quantitative estimate of drug-likeness (QED) is 0.375. The summed E-state index contributed by atoms with van der Waals surface area (Å²) in [6.07, 6.45) is 0. The average Bonchev–Trinajstić information content (AvgIpc) is 2.60. The van der Waals surface area contributed by atoms with Gasteiger partial charge in [-0.15, -0.1) is 0 Å². The topological polar surface area (TPSA) is 107 Å². The molecule has 0 aliphatic carbocycles. The fourth-order valence-corrected chi connectivity index (χ4v) is 4.40. The van der Waals surface area contributed by atoms with E-state index in [9.17, 15) is 23.3 Å². The Kier molecular flexibility index (Phi) is 6.63. The summed E-state index contributed by atoms with van der Waals surface area (Å²) >= 11 is 11.9. The van der Waals surface area contributed by atoms with Gasteiger partial charge in [0.25, 0.3) is 15.7 Å². The van der Waals surface area contributed by atoms with Gasteiger partial charge in [0, 0.05) is 11.1 Å². The summed E-state index contributed by atoms with van der Waals surface area (Å²) in [5, 5.41) is 11.5. The Balaban J connectivity index is 2.65. The van der Waals surface area contributed by atoms with Gasteiger partial charge in [-0.25, -0.2) is 8.42 Å². The Morgan fingerprint density at radius 2 is 1.89 bits per heavy atom. The number of carbonyl (C=O) groups excluding carboxylic acids is 1. The summed E-state index contributed by atoms with van der Waals surface area (Å²) in [6, 6.07) is 8.79. The smallest absolute Gasteiger partial charge is 0.326 e. The predicted molar refractivity (Wildman–Crippen MR) is 101 cm³/mol. The van der Waals surface area contributed by atoms with E-state index in [1.54, 1.807) is 6.92 Å². The Bertz CT molecular complexity index is 981. The number of anilines is 1. The molecule has 0 heterocycles. The molecule has 0 N–H and O–H groups in total. The lowest BCUT2D eigenvalue weighted by atomic mass is 10.3. The maximum absolute atomic E-state index is 13.2. The monoisotopic (exact) mass is 432 g/mol. The molecule has 0 atom stereocenters. The highest BCUT2D eigenvalue weighted by Crippen LogP contribution is 2.35. The van der Waals surface area contributed by atoms with Gasteiger partial charge in [-0.3, -0.25) is 19.2 Å². The lowest BCUT2D eigenvalue weighted by molar-refractivity contribution is -0.387. The normalized spacial score (nSPS) is 11.1. The Morgan fingerprint density at radius 3 is 2.48 bits per heavy atom. The first kappa shape index (κ1) is 20.9. The molecule has 0 radical (unpaired) electrons. The van der Waals surface area contributed by atoms with Crippen molar-refractivity contribution in [3.63, 3.8) is 0 Å². The molecule has 0 aromatic heterocycles. The van der Waals surface area contributed by atoms with Crippen LogP contribution in [0.5, 0.6) is 0 Å². The van der Waals surface area contributed by atoms with Gasteiger partial charge in [0.2, 0.25) is 0 Å². The molecule has 0 fully saturated rings. The molecule has 0 spiro atoms. The Hall–Kier alpha value is -2.36. The molecule has 0 amide bonds. The van der Waals surface area contributed by atoms with Crippen molar-refractivity contribution in [3.05, 3.63) is 62.6 Å². The molecular weight excluding hydrogens is 419 g/mol. The molecule has 2 aromatic carbocycles. The van der Waals surface area contributed by atoms with Gasteiger partial charge in [0.05, 0.1) is 22.2 Å². The maximum Gasteiger partial charge on any atom is 0.326 e. The number of nitro groups is 1. The molecule has 8 nitrogen and oxygen atoms in total. The Labute approximate surface area is 165 Å². The van der Waals surface area contributed by atoms with Crippen LogP contribution in [0.4, 0.5) is 11.4 Å². The van der Waals surface area contributed by atoms with Gasteiger partial charge < -0.3 is 4.74 Å². The van der Waals surface area contributed by atoms with Gasteiger partial charge >= 0.3 is 5.97 Å². The van der Waals surface area contributed by atoms with Crippen LogP contribution in [-0.4, -0.2) is 32.5 Å². The summed E-state index contributed by atoms with van der Waals surface area (Å²) in [7, 11) is -4.52. The van der Waals surface area contributed by atoms with E-state index in [2.05, 4.69) is 0 Å². The highest BCUT2D eigenvalue weighted by atomic mass is 35.5. The van der Waals surface area contributed by atoms with E-state index in [-0.39, 0.29) is 22.3 Å². The molecule has 0 saturated carbocycles. The zero-order valence-electron chi connectivity index (χ0n) is 14.0. The number of sulfonamides is 1.